The normalized spacial score (nSPS) is 12.9. The van der Waals surface area contributed by atoms with Gasteiger partial charge in [0.25, 0.3) is 0 Å². The van der Waals surface area contributed by atoms with Crippen molar-refractivity contribution in [1.82, 2.24) is 0 Å². The van der Waals surface area contributed by atoms with Crippen molar-refractivity contribution in [2.24, 2.45) is 11.7 Å². The van der Waals surface area contributed by atoms with Crippen molar-refractivity contribution < 1.29 is 4.74 Å². The second-order valence-corrected chi connectivity index (χ2v) is 2.57. The molecule has 0 saturated heterocycles. The molecule has 0 aliphatic carbocycles. The fourth-order valence-corrected chi connectivity index (χ4v) is 0.446. The molecule has 0 radical (unpaired) electrons. The smallest absolute Gasteiger partial charge is 0.0619 e. The first kappa shape index (κ1) is 12.8. The number of rotatable bonds is 4. The van der Waals surface area contributed by atoms with Crippen molar-refractivity contribution in [3.8, 4) is 0 Å². The van der Waals surface area contributed by atoms with Crippen LogP contribution >= 0.6 is 12.4 Å². The molecule has 0 rings (SSSR count). The van der Waals surface area contributed by atoms with E-state index < -0.39 is 0 Å². The monoisotopic (exact) mass is 167 g/mol. The zero-order valence-electron chi connectivity index (χ0n) is 6.96. The lowest BCUT2D eigenvalue weighted by molar-refractivity contribution is 0.121. The minimum absolute atomic E-state index is 0. The molecule has 0 aromatic rings. The summed E-state index contributed by atoms with van der Waals surface area (Å²) in [5.74, 6) is 0.525. The minimum Gasteiger partial charge on any atom is -0.380 e. The number of halogens is 1. The molecule has 1 atom stereocenters. The van der Waals surface area contributed by atoms with E-state index in [4.69, 9.17) is 10.5 Å². The first-order valence-corrected chi connectivity index (χ1v) is 3.51. The van der Waals surface area contributed by atoms with Crippen LogP contribution < -0.4 is 5.73 Å². The van der Waals surface area contributed by atoms with Gasteiger partial charge in [-0.25, -0.2) is 0 Å². The molecule has 0 amide bonds. The molecule has 0 aliphatic heterocycles. The summed E-state index contributed by atoms with van der Waals surface area (Å²) in [5, 5.41) is 0. The van der Waals surface area contributed by atoms with Crippen molar-refractivity contribution in [2.45, 2.75) is 26.8 Å². The molecule has 10 heavy (non-hydrogen) atoms. The standard InChI is InChI=1S/C7H17NO.ClH/c1-4-9-5-7(8)6(2)3;/h6-7H,4-5,8H2,1-3H3;1H/t7-;/m1./s1. The van der Waals surface area contributed by atoms with E-state index in [1.807, 2.05) is 6.92 Å². The molecular formula is C7H18ClNO. The van der Waals surface area contributed by atoms with E-state index in [1.165, 1.54) is 0 Å². The van der Waals surface area contributed by atoms with E-state index in [9.17, 15) is 0 Å². The van der Waals surface area contributed by atoms with Crippen LogP contribution in [0.2, 0.25) is 0 Å². The van der Waals surface area contributed by atoms with E-state index in [0.29, 0.717) is 12.5 Å². The zero-order valence-corrected chi connectivity index (χ0v) is 7.78. The Morgan fingerprint density at radius 1 is 1.40 bits per heavy atom. The van der Waals surface area contributed by atoms with E-state index in [-0.39, 0.29) is 18.4 Å². The molecule has 0 fully saturated rings. The second-order valence-electron chi connectivity index (χ2n) is 2.57. The van der Waals surface area contributed by atoms with Gasteiger partial charge in [-0.15, -0.1) is 12.4 Å². The Balaban J connectivity index is 0. The van der Waals surface area contributed by atoms with Crippen molar-refractivity contribution in [3.05, 3.63) is 0 Å². The van der Waals surface area contributed by atoms with Crippen LogP contribution in [-0.4, -0.2) is 19.3 Å². The first-order chi connectivity index (χ1) is 4.18. The number of hydrogen-bond donors (Lipinski definition) is 1. The molecule has 0 aliphatic rings. The SMILES string of the molecule is CCOC[C@@H](N)C(C)C.Cl. The topological polar surface area (TPSA) is 35.2 Å². The van der Waals surface area contributed by atoms with Gasteiger partial charge in [-0.2, -0.15) is 0 Å². The molecule has 0 aromatic heterocycles. The van der Waals surface area contributed by atoms with E-state index in [2.05, 4.69) is 13.8 Å². The molecule has 0 saturated carbocycles. The van der Waals surface area contributed by atoms with E-state index in [0.717, 1.165) is 6.61 Å². The summed E-state index contributed by atoms with van der Waals surface area (Å²) in [7, 11) is 0. The summed E-state index contributed by atoms with van der Waals surface area (Å²) in [6, 6.07) is 0.199. The van der Waals surface area contributed by atoms with Gasteiger partial charge < -0.3 is 10.5 Å². The zero-order chi connectivity index (χ0) is 7.28. The average molecular weight is 168 g/mol. The van der Waals surface area contributed by atoms with Crippen molar-refractivity contribution >= 4 is 12.4 Å². The summed E-state index contributed by atoms with van der Waals surface area (Å²) in [4.78, 5) is 0. The Kier molecular flexibility index (Phi) is 9.40. The molecule has 0 aromatic carbocycles. The lowest BCUT2D eigenvalue weighted by Gasteiger charge is -2.14. The van der Waals surface area contributed by atoms with Crippen LogP contribution in [0.4, 0.5) is 0 Å². The lowest BCUT2D eigenvalue weighted by Crippen LogP contribution is -2.31. The van der Waals surface area contributed by atoms with Crippen molar-refractivity contribution in [2.75, 3.05) is 13.2 Å². The highest BCUT2D eigenvalue weighted by Gasteiger charge is 2.05. The Morgan fingerprint density at radius 2 is 1.90 bits per heavy atom. The second kappa shape index (κ2) is 7.32. The van der Waals surface area contributed by atoms with E-state index >= 15 is 0 Å². The maximum Gasteiger partial charge on any atom is 0.0619 e. The number of hydrogen-bond acceptors (Lipinski definition) is 2. The van der Waals surface area contributed by atoms with Gasteiger partial charge >= 0.3 is 0 Å². The molecular weight excluding hydrogens is 150 g/mol. The van der Waals surface area contributed by atoms with Gasteiger partial charge in [-0.1, -0.05) is 13.8 Å². The van der Waals surface area contributed by atoms with Gasteiger partial charge in [-0.3, -0.25) is 0 Å². The Bertz CT molecular complexity index is 68.6. The summed E-state index contributed by atoms with van der Waals surface area (Å²) in [6.45, 7) is 7.63. The average Bonchev–Trinajstić information content (AvgIpc) is 1.82. The maximum atomic E-state index is 5.68. The predicted octanol–water partition coefficient (Wildman–Crippen LogP) is 1.43. The molecule has 3 heteroatoms. The third-order valence-electron chi connectivity index (χ3n) is 1.37. The Hall–Kier alpha value is 0.210. The highest BCUT2D eigenvalue weighted by Crippen LogP contribution is 1.97. The van der Waals surface area contributed by atoms with Gasteiger partial charge in [0.15, 0.2) is 0 Å². The number of ether oxygens (including phenoxy) is 1. The van der Waals surface area contributed by atoms with Crippen LogP contribution in [0.15, 0.2) is 0 Å². The van der Waals surface area contributed by atoms with Crippen molar-refractivity contribution in [3.63, 3.8) is 0 Å². The third kappa shape index (κ3) is 6.33. The fraction of sp³-hybridized carbons (Fsp3) is 1.00. The van der Waals surface area contributed by atoms with Crippen LogP contribution in [0.5, 0.6) is 0 Å². The highest BCUT2D eigenvalue weighted by molar-refractivity contribution is 5.85. The van der Waals surface area contributed by atoms with Crippen molar-refractivity contribution in [1.29, 1.82) is 0 Å². The summed E-state index contributed by atoms with van der Waals surface area (Å²) in [6.07, 6.45) is 0. The molecule has 64 valence electrons. The van der Waals surface area contributed by atoms with Crippen LogP contribution in [0.1, 0.15) is 20.8 Å². The van der Waals surface area contributed by atoms with Crippen LogP contribution in [0.25, 0.3) is 0 Å². The largest absolute Gasteiger partial charge is 0.380 e. The highest BCUT2D eigenvalue weighted by atomic mass is 35.5. The molecule has 0 unspecified atom stereocenters. The first-order valence-electron chi connectivity index (χ1n) is 3.51. The Morgan fingerprint density at radius 3 is 2.20 bits per heavy atom. The van der Waals surface area contributed by atoms with Crippen LogP contribution in [-0.2, 0) is 4.74 Å². The third-order valence-corrected chi connectivity index (χ3v) is 1.37. The maximum absolute atomic E-state index is 5.68. The van der Waals surface area contributed by atoms with Gasteiger partial charge in [0.2, 0.25) is 0 Å². The predicted molar refractivity (Wildman–Crippen MR) is 46.6 cm³/mol. The molecule has 2 nitrogen and oxygen atoms in total. The van der Waals surface area contributed by atoms with Gasteiger partial charge in [0, 0.05) is 12.6 Å². The molecule has 0 spiro atoms. The lowest BCUT2D eigenvalue weighted by atomic mass is 10.1. The van der Waals surface area contributed by atoms with Gasteiger partial charge in [0.1, 0.15) is 0 Å². The number of nitrogens with two attached hydrogens (primary N) is 1. The summed E-state index contributed by atoms with van der Waals surface area (Å²) in [5.41, 5.74) is 5.68. The van der Waals surface area contributed by atoms with Crippen LogP contribution in [0, 0.1) is 5.92 Å². The van der Waals surface area contributed by atoms with Gasteiger partial charge in [-0.05, 0) is 12.8 Å². The van der Waals surface area contributed by atoms with E-state index in [1.54, 1.807) is 0 Å². The summed E-state index contributed by atoms with van der Waals surface area (Å²) < 4.78 is 5.13. The van der Waals surface area contributed by atoms with Crippen LogP contribution in [0.3, 0.4) is 0 Å². The Labute approximate surface area is 69.5 Å². The quantitative estimate of drug-likeness (QED) is 0.688. The minimum atomic E-state index is 0. The molecule has 2 N–H and O–H groups in total. The summed E-state index contributed by atoms with van der Waals surface area (Å²) >= 11 is 0. The molecule has 0 heterocycles. The molecule has 0 bridgehead atoms. The van der Waals surface area contributed by atoms with Gasteiger partial charge in [0.05, 0.1) is 6.61 Å². The fourth-order valence-electron chi connectivity index (χ4n) is 0.446.